The number of rotatable bonds is 6. The molecule has 7 heteroatoms. The third-order valence-corrected chi connectivity index (χ3v) is 3.59. The SMILES string of the molecule is CC(C)[C@@H](NC(=O)CCN1CCSC1=O)C(=O)O. The minimum Gasteiger partial charge on any atom is -0.480 e. The summed E-state index contributed by atoms with van der Waals surface area (Å²) in [5, 5.41) is 11.4. The van der Waals surface area contributed by atoms with E-state index < -0.39 is 12.0 Å². The smallest absolute Gasteiger partial charge is 0.326 e. The van der Waals surface area contributed by atoms with Gasteiger partial charge in [-0.2, -0.15) is 0 Å². The molecule has 0 radical (unpaired) electrons. The van der Waals surface area contributed by atoms with Crippen LogP contribution in [0.15, 0.2) is 0 Å². The molecule has 1 rings (SSSR count). The van der Waals surface area contributed by atoms with E-state index in [-0.39, 0.29) is 23.5 Å². The van der Waals surface area contributed by atoms with Crippen molar-refractivity contribution in [2.24, 2.45) is 5.92 Å². The Morgan fingerprint density at radius 1 is 1.50 bits per heavy atom. The number of carbonyl (C=O) groups is 3. The number of amides is 2. The van der Waals surface area contributed by atoms with Gasteiger partial charge >= 0.3 is 5.97 Å². The second kappa shape index (κ2) is 6.63. The quantitative estimate of drug-likeness (QED) is 0.747. The Bertz CT molecular complexity index is 346. The maximum absolute atomic E-state index is 11.6. The fraction of sp³-hybridized carbons (Fsp3) is 0.727. The lowest BCUT2D eigenvalue weighted by Crippen LogP contribution is -2.45. The Kier molecular flexibility index (Phi) is 5.46. The Hall–Kier alpha value is -1.24. The molecule has 1 fully saturated rings. The zero-order valence-corrected chi connectivity index (χ0v) is 11.3. The third kappa shape index (κ3) is 4.21. The Morgan fingerprint density at radius 2 is 2.17 bits per heavy atom. The Morgan fingerprint density at radius 3 is 2.61 bits per heavy atom. The van der Waals surface area contributed by atoms with Crippen LogP contribution in [0, 0.1) is 5.92 Å². The zero-order chi connectivity index (χ0) is 13.7. The molecule has 0 aromatic rings. The van der Waals surface area contributed by atoms with Gasteiger partial charge in [0, 0.05) is 25.3 Å². The van der Waals surface area contributed by atoms with E-state index in [2.05, 4.69) is 5.32 Å². The maximum atomic E-state index is 11.6. The molecule has 0 aliphatic carbocycles. The van der Waals surface area contributed by atoms with E-state index in [1.54, 1.807) is 18.7 Å². The first-order valence-corrected chi connectivity index (χ1v) is 6.84. The lowest BCUT2D eigenvalue weighted by atomic mass is 10.0. The maximum Gasteiger partial charge on any atom is 0.326 e. The Labute approximate surface area is 110 Å². The summed E-state index contributed by atoms with van der Waals surface area (Å²) in [6.45, 7) is 4.48. The van der Waals surface area contributed by atoms with E-state index in [0.717, 1.165) is 5.75 Å². The van der Waals surface area contributed by atoms with Crippen LogP contribution in [0.25, 0.3) is 0 Å². The molecule has 1 atom stereocenters. The number of carboxylic acids is 1. The number of hydrogen-bond acceptors (Lipinski definition) is 4. The van der Waals surface area contributed by atoms with Crippen LogP contribution in [0.5, 0.6) is 0 Å². The van der Waals surface area contributed by atoms with Gasteiger partial charge in [0.1, 0.15) is 6.04 Å². The molecule has 102 valence electrons. The molecule has 1 aliphatic rings. The first kappa shape index (κ1) is 14.8. The summed E-state index contributed by atoms with van der Waals surface area (Å²) in [4.78, 5) is 35.4. The highest BCUT2D eigenvalue weighted by Gasteiger charge is 2.25. The van der Waals surface area contributed by atoms with Gasteiger partial charge in [0.25, 0.3) is 5.24 Å². The number of carboxylic acid groups (broad SMARTS) is 1. The van der Waals surface area contributed by atoms with Gasteiger partial charge in [-0.15, -0.1) is 0 Å². The van der Waals surface area contributed by atoms with Crippen molar-refractivity contribution >= 4 is 28.9 Å². The van der Waals surface area contributed by atoms with E-state index in [4.69, 9.17) is 5.11 Å². The van der Waals surface area contributed by atoms with E-state index in [1.165, 1.54) is 11.8 Å². The number of thioether (sulfide) groups is 1. The molecule has 1 aliphatic heterocycles. The van der Waals surface area contributed by atoms with E-state index >= 15 is 0 Å². The van der Waals surface area contributed by atoms with Crippen LogP contribution >= 0.6 is 11.8 Å². The van der Waals surface area contributed by atoms with Crippen molar-refractivity contribution in [3.63, 3.8) is 0 Å². The molecule has 6 nitrogen and oxygen atoms in total. The molecule has 0 spiro atoms. The number of carbonyl (C=O) groups excluding carboxylic acids is 2. The molecule has 0 unspecified atom stereocenters. The van der Waals surface area contributed by atoms with Gasteiger partial charge in [-0.25, -0.2) is 4.79 Å². The minimum absolute atomic E-state index is 0.0126. The van der Waals surface area contributed by atoms with E-state index in [1.807, 2.05) is 0 Å². The van der Waals surface area contributed by atoms with Crippen molar-refractivity contribution in [2.45, 2.75) is 26.3 Å². The molecular formula is C11H18N2O4S. The van der Waals surface area contributed by atoms with Crippen molar-refractivity contribution in [3.05, 3.63) is 0 Å². The summed E-state index contributed by atoms with van der Waals surface area (Å²) < 4.78 is 0. The summed E-state index contributed by atoms with van der Waals surface area (Å²) in [5.74, 6) is -0.785. The summed E-state index contributed by atoms with van der Waals surface area (Å²) in [5.41, 5.74) is 0. The van der Waals surface area contributed by atoms with Crippen LogP contribution in [0.2, 0.25) is 0 Å². The summed E-state index contributed by atoms with van der Waals surface area (Å²) in [6, 6.07) is -0.874. The fourth-order valence-electron chi connectivity index (χ4n) is 1.62. The van der Waals surface area contributed by atoms with Crippen molar-refractivity contribution in [1.29, 1.82) is 0 Å². The lowest BCUT2D eigenvalue weighted by Gasteiger charge is -2.19. The highest BCUT2D eigenvalue weighted by molar-refractivity contribution is 8.13. The zero-order valence-electron chi connectivity index (χ0n) is 10.5. The molecule has 0 bridgehead atoms. The Balaban J connectivity index is 2.36. The predicted octanol–water partition coefficient (Wildman–Crippen LogP) is 0.771. The highest BCUT2D eigenvalue weighted by atomic mass is 32.2. The van der Waals surface area contributed by atoms with E-state index in [9.17, 15) is 14.4 Å². The standard InChI is InChI=1S/C11H18N2O4S/c1-7(2)9(10(15)16)12-8(14)3-4-13-5-6-18-11(13)17/h7,9H,3-6H2,1-2H3,(H,12,14)(H,15,16)/t9-/m1/s1. The molecule has 0 aromatic carbocycles. The second-order valence-corrected chi connectivity index (χ2v) is 5.53. The van der Waals surface area contributed by atoms with Crippen molar-refractivity contribution in [3.8, 4) is 0 Å². The van der Waals surface area contributed by atoms with Crippen LogP contribution in [0.3, 0.4) is 0 Å². The minimum atomic E-state index is -1.04. The van der Waals surface area contributed by atoms with Gasteiger partial charge < -0.3 is 15.3 Å². The average Bonchev–Trinajstić information content (AvgIpc) is 2.68. The van der Waals surface area contributed by atoms with Crippen LogP contribution in [-0.2, 0) is 9.59 Å². The molecule has 0 aromatic heterocycles. The molecule has 2 N–H and O–H groups in total. The van der Waals surface area contributed by atoms with Gasteiger partial charge in [-0.1, -0.05) is 25.6 Å². The van der Waals surface area contributed by atoms with Gasteiger partial charge in [0.15, 0.2) is 0 Å². The number of nitrogens with zero attached hydrogens (tertiary/aromatic N) is 1. The van der Waals surface area contributed by atoms with Crippen molar-refractivity contribution in [1.82, 2.24) is 10.2 Å². The average molecular weight is 274 g/mol. The third-order valence-electron chi connectivity index (χ3n) is 2.70. The molecular weight excluding hydrogens is 256 g/mol. The molecule has 2 amide bonds. The second-order valence-electron chi connectivity index (χ2n) is 4.48. The first-order chi connectivity index (χ1) is 8.41. The van der Waals surface area contributed by atoms with Gasteiger partial charge in [-0.05, 0) is 5.92 Å². The van der Waals surface area contributed by atoms with Gasteiger partial charge in [-0.3, -0.25) is 9.59 Å². The largest absolute Gasteiger partial charge is 0.480 e. The summed E-state index contributed by atoms with van der Waals surface area (Å²) >= 11 is 1.24. The van der Waals surface area contributed by atoms with Crippen LogP contribution < -0.4 is 5.32 Å². The van der Waals surface area contributed by atoms with Crippen LogP contribution in [0.1, 0.15) is 20.3 Å². The fourth-order valence-corrected chi connectivity index (χ4v) is 2.48. The molecule has 0 saturated carbocycles. The van der Waals surface area contributed by atoms with Gasteiger partial charge in [0.2, 0.25) is 5.91 Å². The topological polar surface area (TPSA) is 86.7 Å². The van der Waals surface area contributed by atoms with Crippen LogP contribution in [0.4, 0.5) is 4.79 Å². The van der Waals surface area contributed by atoms with Crippen molar-refractivity contribution in [2.75, 3.05) is 18.8 Å². The lowest BCUT2D eigenvalue weighted by molar-refractivity contribution is -0.143. The normalized spacial score (nSPS) is 17.1. The first-order valence-electron chi connectivity index (χ1n) is 5.85. The summed E-state index contributed by atoms with van der Waals surface area (Å²) in [6.07, 6.45) is 0.142. The highest BCUT2D eigenvalue weighted by Crippen LogP contribution is 2.17. The van der Waals surface area contributed by atoms with Gasteiger partial charge in [0.05, 0.1) is 0 Å². The molecule has 1 heterocycles. The number of nitrogens with one attached hydrogen (secondary N) is 1. The number of hydrogen-bond donors (Lipinski definition) is 2. The molecule has 18 heavy (non-hydrogen) atoms. The van der Waals surface area contributed by atoms with Crippen molar-refractivity contribution < 1.29 is 19.5 Å². The molecule has 1 saturated heterocycles. The monoisotopic (exact) mass is 274 g/mol. The van der Waals surface area contributed by atoms with E-state index in [0.29, 0.717) is 13.1 Å². The number of aliphatic carboxylic acids is 1. The summed E-state index contributed by atoms with van der Waals surface area (Å²) in [7, 11) is 0. The predicted molar refractivity (Wildman–Crippen MR) is 68.4 cm³/mol. The van der Waals surface area contributed by atoms with Crippen LogP contribution in [-0.4, -0.2) is 52.0 Å².